The molecule has 0 spiro atoms. The number of ether oxygens (including phenoxy) is 1. The van der Waals surface area contributed by atoms with Crippen LogP contribution in [0.5, 0.6) is 0 Å². The Balaban J connectivity index is 1.38. The molecule has 0 radical (unpaired) electrons. The molecule has 1 atom stereocenters. The maximum atomic E-state index is 5.63. The summed E-state index contributed by atoms with van der Waals surface area (Å²) in [7, 11) is 0. The Bertz CT molecular complexity index is 465. The summed E-state index contributed by atoms with van der Waals surface area (Å²) in [6, 6.07) is 10.8. The largest absolute Gasteiger partial charge is 0.376 e. The van der Waals surface area contributed by atoms with Crippen molar-refractivity contribution < 1.29 is 4.74 Å². The van der Waals surface area contributed by atoms with Crippen LogP contribution >= 0.6 is 12.2 Å². The fraction of sp³-hybridized carbons (Fsp3) is 0.611. The van der Waals surface area contributed by atoms with Crippen molar-refractivity contribution in [2.75, 3.05) is 26.2 Å². The predicted octanol–water partition coefficient (Wildman–Crippen LogP) is 2.99. The number of hydrogen-bond donors (Lipinski definition) is 1. The highest BCUT2D eigenvalue weighted by Crippen LogP contribution is 2.21. The second-order valence-electron chi connectivity index (χ2n) is 6.44. The lowest BCUT2D eigenvalue weighted by Crippen LogP contribution is -2.46. The molecule has 2 aliphatic heterocycles. The highest BCUT2D eigenvalue weighted by molar-refractivity contribution is 7.80. The molecule has 0 unspecified atom stereocenters. The van der Waals surface area contributed by atoms with Gasteiger partial charge in [0.25, 0.3) is 0 Å². The molecule has 0 amide bonds. The van der Waals surface area contributed by atoms with Crippen LogP contribution in [0.25, 0.3) is 0 Å². The molecule has 0 bridgehead atoms. The molecular formula is C18H26N2OS. The van der Waals surface area contributed by atoms with E-state index < -0.39 is 0 Å². The van der Waals surface area contributed by atoms with Crippen molar-refractivity contribution in [2.24, 2.45) is 5.92 Å². The number of piperidine rings is 1. The summed E-state index contributed by atoms with van der Waals surface area (Å²) in [6.07, 6.45) is 6.37. The van der Waals surface area contributed by atoms with E-state index in [4.69, 9.17) is 17.0 Å². The van der Waals surface area contributed by atoms with Gasteiger partial charge in [-0.3, -0.25) is 0 Å². The summed E-state index contributed by atoms with van der Waals surface area (Å²) in [6.45, 7) is 3.93. The SMILES string of the molecule is S=C(NC[C@H]1CCCO1)N1CCC(Cc2ccccc2)CC1. The Hall–Kier alpha value is -1.13. The quantitative estimate of drug-likeness (QED) is 0.863. The second-order valence-corrected chi connectivity index (χ2v) is 6.83. The first kappa shape index (κ1) is 15.8. The fourth-order valence-corrected chi connectivity index (χ4v) is 3.67. The van der Waals surface area contributed by atoms with E-state index in [2.05, 4.69) is 40.5 Å². The number of nitrogens with zero attached hydrogens (tertiary/aromatic N) is 1. The molecule has 4 heteroatoms. The van der Waals surface area contributed by atoms with Crippen LogP contribution in [0.1, 0.15) is 31.2 Å². The fourth-order valence-electron chi connectivity index (χ4n) is 3.41. The molecule has 3 nitrogen and oxygen atoms in total. The normalized spacial score (nSPS) is 22.7. The first-order chi connectivity index (χ1) is 10.8. The maximum Gasteiger partial charge on any atom is 0.169 e. The Morgan fingerprint density at radius 3 is 2.64 bits per heavy atom. The molecule has 1 N–H and O–H groups in total. The van der Waals surface area contributed by atoms with Gasteiger partial charge in [-0.15, -0.1) is 0 Å². The van der Waals surface area contributed by atoms with Crippen LogP contribution in [-0.4, -0.2) is 42.4 Å². The molecule has 0 aliphatic carbocycles. The molecule has 2 heterocycles. The maximum absolute atomic E-state index is 5.63. The summed E-state index contributed by atoms with van der Waals surface area (Å²) in [4.78, 5) is 2.33. The molecular weight excluding hydrogens is 292 g/mol. The van der Waals surface area contributed by atoms with E-state index in [1.807, 2.05) is 0 Å². The van der Waals surface area contributed by atoms with Gasteiger partial charge in [0.05, 0.1) is 6.10 Å². The minimum Gasteiger partial charge on any atom is -0.376 e. The molecule has 1 aromatic carbocycles. The van der Waals surface area contributed by atoms with Gasteiger partial charge in [0.15, 0.2) is 5.11 Å². The van der Waals surface area contributed by atoms with E-state index >= 15 is 0 Å². The third kappa shape index (κ3) is 4.43. The Morgan fingerprint density at radius 1 is 1.18 bits per heavy atom. The number of likely N-dealkylation sites (tertiary alicyclic amines) is 1. The minimum absolute atomic E-state index is 0.355. The number of benzene rings is 1. The Morgan fingerprint density at radius 2 is 1.95 bits per heavy atom. The first-order valence-corrected chi connectivity index (χ1v) is 8.90. The van der Waals surface area contributed by atoms with Crippen molar-refractivity contribution in [3.8, 4) is 0 Å². The number of nitrogens with one attached hydrogen (secondary N) is 1. The van der Waals surface area contributed by atoms with Gasteiger partial charge in [0.2, 0.25) is 0 Å². The van der Waals surface area contributed by atoms with Crippen molar-refractivity contribution in [2.45, 2.75) is 38.2 Å². The summed E-state index contributed by atoms with van der Waals surface area (Å²) in [5.74, 6) is 0.791. The molecule has 3 rings (SSSR count). The molecule has 120 valence electrons. The van der Waals surface area contributed by atoms with Crippen molar-refractivity contribution in [3.63, 3.8) is 0 Å². The Kier molecular flexibility index (Phi) is 5.68. The zero-order valence-electron chi connectivity index (χ0n) is 13.2. The molecule has 1 aromatic rings. The van der Waals surface area contributed by atoms with E-state index in [0.717, 1.165) is 43.7 Å². The third-order valence-electron chi connectivity index (χ3n) is 4.77. The van der Waals surface area contributed by atoms with Crippen LogP contribution in [0.15, 0.2) is 30.3 Å². The monoisotopic (exact) mass is 318 g/mol. The lowest BCUT2D eigenvalue weighted by molar-refractivity contribution is 0.113. The van der Waals surface area contributed by atoms with Crippen molar-refractivity contribution in [1.82, 2.24) is 10.2 Å². The summed E-state index contributed by atoms with van der Waals surface area (Å²) >= 11 is 5.54. The molecule has 2 saturated heterocycles. The lowest BCUT2D eigenvalue weighted by Gasteiger charge is -2.34. The lowest BCUT2D eigenvalue weighted by atomic mass is 9.90. The van der Waals surface area contributed by atoms with E-state index in [9.17, 15) is 0 Å². The van der Waals surface area contributed by atoms with Gasteiger partial charge < -0.3 is 15.0 Å². The topological polar surface area (TPSA) is 24.5 Å². The van der Waals surface area contributed by atoms with Gasteiger partial charge in [-0.2, -0.15) is 0 Å². The van der Waals surface area contributed by atoms with Crippen LogP contribution in [-0.2, 0) is 11.2 Å². The molecule has 2 aliphatic rings. The van der Waals surface area contributed by atoms with Crippen LogP contribution < -0.4 is 5.32 Å². The van der Waals surface area contributed by atoms with Gasteiger partial charge >= 0.3 is 0 Å². The van der Waals surface area contributed by atoms with Crippen LogP contribution in [0.2, 0.25) is 0 Å². The van der Waals surface area contributed by atoms with Gasteiger partial charge in [-0.05, 0) is 55.8 Å². The van der Waals surface area contributed by atoms with Crippen molar-refractivity contribution in [1.29, 1.82) is 0 Å². The minimum atomic E-state index is 0.355. The predicted molar refractivity (Wildman–Crippen MR) is 94.0 cm³/mol. The van der Waals surface area contributed by atoms with Crippen LogP contribution in [0.4, 0.5) is 0 Å². The van der Waals surface area contributed by atoms with Gasteiger partial charge in [0, 0.05) is 26.2 Å². The van der Waals surface area contributed by atoms with Gasteiger partial charge in [-0.1, -0.05) is 30.3 Å². The van der Waals surface area contributed by atoms with E-state index in [-0.39, 0.29) is 0 Å². The molecule has 0 saturated carbocycles. The molecule has 22 heavy (non-hydrogen) atoms. The van der Waals surface area contributed by atoms with Crippen molar-refractivity contribution >= 4 is 17.3 Å². The third-order valence-corrected chi connectivity index (χ3v) is 5.18. The number of hydrogen-bond acceptors (Lipinski definition) is 2. The van der Waals surface area contributed by atoms with Gasteiger partial charge in [0.1, 0.15) is 0 Å². The standard InChI is InChI=1S/C18H26N2OS/c22-18(19-14-17-7-4-12-21-17)20-10-8-16(9-11-20)13-15-5-2-1-3-6-15/h1-3,5-6,16-17H,4,7-14H2,(H,19,22)/t17-/m1/s1. The second kappa shape index (κ2) is 7.93. The average molecular weight is 318 g/mol. The van der Waals surface area contributed by atoms with Gasteiger partial charge in [-0.25, -0.2) is 0 Å². The van der Waals surface area contributed by atoms with Crippen LogP contribution in [0, 0.1) is 5.92 Å². The van der Waals surface area contributed by atoms with E-state index in [1.165, 1.54) is 31.2 Å². The first-order valence-electron chi connectivity index (χ1n) is 8.49. The van der Waals surface area contributed by atoms with E-state index in [0.29, 0.717) is 6.10 Å². The summed E-state index contributed by atoms with van der Waals surface area (Å²) < 4.78 is 5.63. The molecule has 2 fully saturated rings. The zero-order valence-corrected chi connectivity index (χ0v) is 14.0. The number of rotatable bonds is 4. The summed E-state index contributed by atoms with van der Waals surface area (Å²) in [5.41, 5.74) is 1.46. The zero-order chi connectivity index (χ0) is 15.2. The highest BCUT2D eigenvalue weighted by Gasteiger charge is 2.22. The highest BCUT2D eigenvalue weighted by atomic mass is 32.1. The molecule has 0 aromatic heterocycles. The van der Waals surface area contributed by atoms with Crippen molar-refractivity contribution in [3.05, 3.63) is 35.9 Å². The Labute approximate surface area is 139 Å². The average Bonchev–Trinajstić information content (AvgIpc) is 3.08. The van der Waals surface area contributed by atoms with Crippen LogP contribution in [0.3, 0.4) is 0 Å². The summed E-state index contributed by atoms with van der Waals surface area (Å²) in [5, 5.41) is 4.30. The number of thiocarbonyl (C=S) groups is 1. The van der Waals surface area contributed by atoms with E-state index in [1.54, 1.807) is 0 Å². The smallest absolute Gasteiger partial charge is 0.169 e.